The van der Waals surface area contributed by atoms with Crippen LogP contribution in [0.25, 0.3) is 22.9 Å². The van der Waals surface area contributed by atoms with Gasteiger partial charge < -0.3 is 19.9 Å². The van der Waals surface area contributed by atoms with Crippen LogP contribution in [0, 0.1) is 11.3 Å². The molecular weight excluding hydrogens is 516 g/mol. The molecule has 1 saturated heterocycles. The first-order chi connectivity index (χ1) is 19.8. The molecular formula is C31H34N8O2. The number of hydrogen-bond donors (Lipinski definition) is 1. The van der Waals surface area contributed by atoms with Crippen molar-refractivity contribution in [2.24, 2.45) is 7.05 Å². The van der Waals surface area contributed by atoms with Gasteiger partial charge in [0.1, 0.15) is 17.3 Å². The second kappa shape index (κ2) is 12.9. The Morgan fingerprint density at radius 1 is 1.12 bits per heavy atom. The van der Waals surface area contributed by atoms with Gasteiger partial charge in [-0.3, -0.25) is 9.48 Å². The van der Waals surface area contributed by atoms with Gasteiger partial charge in [0.15, 0.2) is 5.82 Å². The summed E-state index contributed by atoms with van der Waals surface area (Å²) in [5.74, 6) is 1.40. The molecule has 1 aliphatic rings. The van der Waals surface area contributed by atoms with Crippen molar-refractivity contribution < 1.29 is 9.53 Å². The smallest absolute Gasteiger partial charge is 0.274 e. The number of aromatic nitrogens is 4. The number of rotatable bonds is 6. The van der Waals surface area contributed by atoms with Crippen LogP contribution in [-0.4, -0.2) is 70.9 Å². The van der Waals surface area contributed by atoms with Crippen LogP contribution in [0.5, 0.6) is 5.75 Å². The number of nitrogens with one attached hydrogen (secondary N) is 1. The number of likely N-dealkylation sites (N-methyl/N-ethyl adjacent to an activating group) is 1. The number of piperazine rings is 1. The van der Waals surface area contributed by atoms with E-state index in [2.05, 4.69) is 40.4 Å². The van der Waals surface area contributed by atoms with Crippen LogP contribution < -0.4 is 25.5 Å². The van der Waals surface area contributed by atoms with Gasteiger partial charge >= 0.3 is 0 Å². The van der Waals surface area contributed by atoms with Crippen molar-refractivity contribution >= 4 is 40.3 Å². The average molecular weight is 551 g/mol. The van der Waals surface area contributed by atoms with Gasteiger partial charge in [0.05, 0.1) is 30.4 Å². The highest BCUT2D eigenvalue weighted by atomic mass is 16.5. The molecule has 0 bridgehead atoms. The summed E-state index contributed by atoms with van der Waals surface area (Å²) in [5.41, 5.74) is 1.56. The van der Waals surface area contributed by atoms with Gasteiger partial charge in [-0.05, 0) is 18.5 Å². The van der Waals surface area contributed by atoms with Gasteiger partial charge in [-0.1, -0.05) is 43.5 Å². The van der Waals surface area contributed by atoms with E-state index in [1.807, 2.05) is 43.4 Å². The second-order valence-electron chi connectivity index (χ2n) is 9.56. The van der Waals surface area contributed by atoms with E-state index in [1.54, 1.807) is 36.2 Å². The number of nitriles is 1. The number of hydrogen-bond acceptors (Lipinski definition) is 8. The number of amides is 1. The number of nitrogens with zero attached hydrogens (tertiary/aromatic N) is 7. The molecule has 210 valence electrons. The van der Waals surface area contributed by atoms with E-state index in [0.29, 0.717) is 28.7 Å². The Morgan fingerprint density at radius 2 is 1.83 bits per heavy atom. The molecule has 2 aromatic heterocycles. The first-order valence-electron chi connectivity index (χ1n) is 13.1. The third kappa shape index (κ3) is 6.42. The van der Waals surface area contributed by atoms with Gasteiger partial charge in [-0.2, -0.15) is 10.4 Å². The summed E-state index contributed by atoms with van der Waals surface area (Å²) in [4.78, 5) is 27.7. The highest BCUT2D eigenvalue weighted by molar-refractivity contribution is 6.09. The molecule has 0 radical (unpaired) electrons. The summed E-state index contributed by atoms with van der Waals surface area (Å²) in [6.07, 6.45) is 3.37. The Morgan fingerprint density at radius 3 is 2.46 bits per heavy atom. The summed E-state index contributed by atoms with van der Waals surface area (Å²) < 4.78 is 7.19. The molecule has 1 N–H and O–H groups in total. The van der Waals surface area contributed by atoms with E-state index in [9.17, 15) is 4.79 Å². The maximum Gasteiger partial charge on any atom is 0.274 e. The lowest BCUT2D eigenvalue weighted by Gasteiger charge is -2.33. The number of ether oxygens (including phenoxy) is 1. The van der Waals surface area contributed by atoms with E-state index in [0.717, 1.165) is 47.5 Å². The molecule has 10 nitrogen and oxygen atoms in total. The van der Waals surface area contributed by atoms with Gasteiger partial charge in [0.25, 0.3) is 5.91 Å². The summed E-state index contributed by atoms with van der Waals surface area (Å²) in [6.45, 7) is 12.9. The zero-order chi connectivity index (χ0) is 29.5. The lowest BCUT2D eigenvalue weighted by Crippen LogP contribution is -2.45. The number of anilines is 2. The van der Waals surface area contributed by atoms with Crippen LogP contribution in [0.1, 0.15) is 23.2 Å². The van der Waals surface area contributed by atoms with Crippen LogP contribution in [0.3, 0.4) is 0 Å². The molecule has 0 unspecified atom stereocenters. The number of aryl methyl sites for hydroxylation is 1. The van der Waals surface area contributed by atoms with E-state index < -0.39 is 0 Å². The average Bonchev–Trinajstić information content (AvgIpc) is 3.31. The number of benzene rings is 2. The SMILES string of the molecule is C=C/C(c1nc(C(=O)Nc2cc(OC)cc3ccccc23)cc(N2CCN(C)CC2)n1)=c1\c(=C)cnn1C.CC#N. The molecule has 4 aromatic rings. The zero-order valence-electron chi connectivity index (χ0n) is 23.9. The fourth-order valence-corrected chi connectivity index (χ4v) is 4.68. The molecule has 5 rings (SSSR count). The second-order valence-corrected chi connectivity index (χ2v) is 9.56. The molecule has 0 aliphatic carbocycles. The van der Waals surface area contributed by atoms with Crippen LogP contribution >= 0.6 is 0 Å². The van der Waals surface area contributed by atoms with Crippen molar-refractivity contribution in [1.82, 2.24) is 24.6 Å². The van der Waals surface area contributed by atoms with Gasteiger partial charge in [0, 0.05) is 68.5 Å². The van der Waals surface area contributed by atoms with Crippen LogP contribution in [0.4, 0.5) is 11.5 Å². The van der Waals surface area contributed by atoms with Crippen molar-refractivity contribution in [2.75, 3.05) is 50.6 Å². The van der Waals surface area contributed by atoms with Gasteiger partial charge in [-0.15, -0.1) is 0 Å². The molecule has 0 atom stereocenters. The minimum absolute atomic E-state index is 0.253. The van der Waals surface area contributed by atoms with Gasteiger partial charge in [0.2, 0.25) is 0 Å². The third-order valence-electron chi connectivity index (χ3n) is 6.81. The Bertz CT molecular complexity index is 1730. The van der Waals surface area contributed by atoms with Crippen molar-refractivity contribution in [1.29, 1.82) is 5.26 Å². The quantitative estimate of drug-likeness (QED) is 0.390. The monoisotopic (exact) mass is 550 g/mol. The zero-order valence-corrected chi connectivity index (χ0v) is 23.9. The number of methoxy groups -OCH3 is 1. The van der Waals surface area contributed by atoms with Gasteiger partial charge in [-0.25, -0.2) is 9.97 Å². The molecule has 1 fully saturated rings. The lowest BCUT2D eigenvalue weighted by molar-refractivity contribution is 0.102. The molecule has 3 heterocycles. The van der Waals surface area contributed by atoms with E-state index >= 15 is 0 Å². The predicted molar refractivity (Wildman–Crippen MR) is 162 cm³/mol. The van der Waals surface area contributed by atoms with Crippen molar-refractivity contribution in [3.8, 4) is 11.8 Å². The van der Waals surface area contributed by atoms with Crippen LogP contribution in [-0.2, 0) is 7.05 Å². The number of carbonyl (C=O) groups is 1. The molecule has 1 aliphatic heterocycles. The molecule has 2 aromatic carbocycles. The minimum Gasteiger partial charge on any atom is -0.497 e. The first-order valence-corrected chi connectivity index (χ1v) is 13.1. The summed E-state index contributed by atoms with van der Waals surface area (Å²) >= 11 is 0. The first kappa shape index (κ1) is 29.0. The van der Waals surface area contributed by atoms with Crippen molar-refractivity contribution in [2.45, 2.75) is 6.92 Å². The highest BCUT2D eigenvalue weighted by Gasteiger charge is 2.21. The largest absolute Gasteiger partial charge is 0.497 e. The Labute approximate surface area is 239 Å². The number of fused-ring (bicyclic) bond motifs is 1. The van der Waals surface area contributed by atoms with E-state index in [-0.39, 0.29) is 11.6 Å². The van der Waals surface area contributed by atoms with Crippen LogP contribution in [0.15, 0.2) is 61.3 Å². The van der Waals surface area contributed by atoms with E-state index in [4.69, 9.17) is 20.0 Å². The standard InChI is InChI=1S/C29H31N7O2.C2H3N/c1-6-22(27-19(2)18-30-35(27)4)28-31-25(17-26(33-28)36-13-11-34(3)12-14-36)29(37)32-24-16-21(38-5)15-20-9-7-8-10-23(20)24;1-2-3/h6-10,15-18H,1-2,11-14H2,3-5H3,(H,32,37);1H3/b27-22-;. The normalized spacial score (nSPS) is 14.0. The van der Waals surface area contributed by atoms with Crippen LogP contribution in [0.2, 0.25) is 0 Å². The maximum atomic E-state index is 13.7. The molecule has 41 heavy (non-hydrogen) atoms. The summed E-state index contributed by atoms with van der Waals surface area (Å²) in [5, 5.41) is 18.0. The topological polar surface area (TPSA) is 112 Å². The molecule has 0 spiro atoms. The molecule has 1 amide bonds. The number of carbonyl (C=O) groups excluding carboxylic acids is 1. The lowest BCUT2D eigenvalue weighted by atomic mass is 10.1. The highest BCUT2D eigenvalue weighted by Crippen LogP contribution is 2.30. The summed E-state index contributed by atoms with van der Waals surface area (Å²) in [6, 6.07) is 15.1. The number of allylic oxidation sites excluding steroid dienone is 1. The third-order valence-corrected chi connectivity index (χ3v) is 6.81. The molecule has 10 heteroatoms. The maximum absolute atomic E-state index is 13.7. The molecule has 0 saturated carbocycles. The summed E-state index contributed by atoms with van der Waals surface area (Å²) in [7, 11) is 5.54. The fraction of sp³-hybridized carbons (Fsp3) is 0.258. The fourth-order valence-electron chi connectivity index (χ4n) is 4.68. The van der Waals surface area contributed by atoms with E-state index in [1.165, 1.54) is 6.92 Å². The minimum atomic E-state index is -0.342. The Balaban J connectivity index is 0.00000124. The Kier molecular flexibility index (Phi) is 9.12. The van der Waals surface area contributed by atoms with Crippen molar-refractivity contribution in [3.63, 3.8) is 0 Å². The van der Waals surface area contributed by atoms with Crippen molar-refractivity contribution in [3.05, 3.63) is 83.4 Å². The predicted octanol–water partition coefficient (Wildman–Crippen LogP) is 2.70. The Hall–Kier alpha value is -5.01.